The van der Waals surface area contributed by atoms with Gasteiger partial charge in [0.25, 0.3) is 0 Å². The minimum Gasteiger partial charge on any atom is -0.301 e. The summed E-state index contributed by atoms with van der Waals surface area (Å²) in [5.41, 5.74) is 0. The molecule has 5 nitrogen and oxygen atoms in total. The zero-order valence-electron chi connectivity index (χ0n) is 5.69. The molecule has 1 fully saturated rings. The number of phosphoric acid groups is 1. The molecule has 1 N–H and O–H groups in total. The van der Waals surface area contributed by atoms with Crippen LogP contribution >= 0.6 is 7.82 Å². The van der Waals surface area contributed by atoms with Crippen molar-refractivity contribution in [3.8, 4) is 0 Å². The van der Waals surface area contributed by atoms with Gasteiger partial charge in [0.15, 0.2) is 0 Å². The van der Waals surface area contributed by atoms with Crippen LogP contribution in [0.25, 0.3) is 0 Å². The molecule has 60 valence electrons. The van der Waals surface area contributed by atoms with Gasteiger partial charge in [-0.25, -0.2) is 4.57 Å². The van der Waals surface area contributed by atoms with E-state index in [1.54, 1.807) is 6.92 Å². The summed E-state index contributed by atoms with van der Waals surface area (Å²) in [6.07, 6.45) is 0. The summed E-state index contributed by atoms with van der Waals surface area (Å²) >= 11 is 0. The highest BCUT2D eigenvalue weighted by atomic mass is 31.2. The van der Waals surface area contributed by atoms with Crippen LogP contribution in [0.2, 0.25) is 0 Å². The molecular formula is C4H10NO4P. The normalized spacial score (nSPS) is 24.2. The first-order chi connectivity index (χ1) is 4.64. The molecule has 0 amide bonds. The van der Waals surface area contributed by atoms with Gasteiger partial charge in [-0.05, 0) is 6.92 Å². The van der Waals surface area contributed by atoms with E-state index in [0.29, 0.717) is 13.1 Å². The van der Waals surface area contributed by atoms with Gasteiger partial charge in [0.2, 0.25) is 0 Å². The third-order valence-corrected chi connectivity index (χ3v) is 1.94. The second-order valence-electron chi connectivity index (χ2n) is 1.90. The number of phosphoric ester groups is 1. The van der Waals surface area contributed by atoms with Crippen LogP contribution in [0.5, 0.6) is 0 Å². The Morgan fingerprint density at radius 1 is 1.70 bits per heavy atom. The molecule has 1 atom stereocenters. The summed E-state index contributed by atoms with van der Waals surface area (Å²) in [5.74, 6) is 0. The highest BCUT2D eigenvalue weighted by molar-refractivity contribution is 7.47. The average molecular weight is 167 g/mol. The second kappa shape index (κ2) is 2.98. The monoisotopic (exact) mass is 167 g/mol. The van der Waals surface area contributed by atoms with Gasteiger partial charge in [0.05, 0.1) is 6.61 Å². The fourth-order valence-electron chi connectivity index (χ4n) is 0.455. The van der Waals surface area contributed by atoms with Crippen molar-refractivity contribution < 1.29 is 18.6 Å². The molecule has 1 rings (SSSR count). The lowest BCUT2D eigenvalue weighted by atomic mass is 10.9. The molecule has 0 saturated carbocycles. The first-order valence-corrected chi connectivity index (χ1v) is 4.55. The van der Waals surface area contributed by atoms with E-state index in [1.807, 2.05) is 0 Å². The Balaban J connectivity index is 2.26. The Morgan fingerprint density at radius 2 is 2.30 bits per heavy atom. The van der Waals surface area contributed by atoms with Crippen LogP contribution in [0, 0.1) is 0 Å². The van der Waals surface area contributed by atoms with E-state index < -0.39 is 7.82 Å². The summed E-state index contributed by atoms with van der Waals surface area (Å²) in [5, 5.41) is 1.37. The molecule has 0 aromatic rings. The molecule has 1 heterocycles. The molecule has 0 aromatic carbocycles. The van der Waals surface area contributed by atoms with Crippen LogP contribution in [-0.4, -0.2) is 29.7 Å². The molecule has 1 aliphatic rings. The van der Waals surface area contributed by atoms with Gasteiger partial charge < -0.3 is 4.89 Å². The summed E-state index contributed by atoms with van der Waals surface area (Å²) < 4.78 is 19.7. The number of hydroxylamine groups is 2. The maximum absolute atomic E-state index is 10.7. The Kier molecular flexibility index (Phi) is 2.44. The Labute approximate surface area is 59.1 Å². The zero-order chi connectivity index (χ0) is 7.61. The van der Waals surface area contributed by atoms with Crippen LogP contribution in [-0.2, 0) is 13.7 Å². The van der Waals surface area contributed by atoms with Crippen LogP contribution in [0.4, 0.5) is 0 Å². The highest BCUT2D eigenvalue weighted by Crippen LogP contribution is 2.45. The van der Waals surface area contributed by atoms with Gasteiger partial charge >= 0.3 is 7.82 Å². The van der Waals surface area contributed by atoms with E-state index >= 15 is 0 Å². The molecule has 0 spiro atoms. The lowest BCUT2D eigenvalue weighted by molar-refractivity contribution is 0.0151. The van der Waals surface area contributed by atoms with Crippen molar-refractivity contribution in [2.75, 3.05) is 19.7 Å². The first-order valence-electron chi connectivity index (χ1n) is 3.06. The molecule has 0 aliphatic carbocycles. The summed E-state index contributed by atoms with van der Waals surface area (Å²) in [6.45, 7) is 3.23. The molecule has 10 heavy (non-hydrogen) atoms. The Bertz CT molecular complexity index is 157. The molecule has 0 aromatic heterocycles. The van der Waals surface area contributed by atoms with E-state index in [0.717, 1.165) is 0 Å². The minimum absolute atomic E-state index is 0.182. The molecular weight excluding hydrogens is 157 g/mol. The van der Waals surface area contributed by atoms with Gasteiger partial charge in [-0.15, -0.1) is 0 Å². The highest BCUT2D eigenvalue weighted by Gasteiger charge is 2.30. The van der Waals surface area contributed by atoms with Gasteiger partial charge in [0, 0.05) is 13.1 Å². The van der Waals surface area contributed by atoms with Crippen LogP contribution < -0.4 is 0 Å². The van der Waals surface area contributed by atoms with Crippen LogP contribution in [0.3, 0.4) is 0 Å². The van der Waals surface area contributed by atoms with Crippen molar-refractivity contribution >= 4 is 7.82 Å². The lowest BCUT2D eigenvalue weighted by Gasteiger charge is -2.08. The predicted molar refractivity (Wildman–Crippen MR) is 34.1 cm³/mol. The predicted octanol–water partition coefficient (Wildman–Crippen LogP) is 0.370. The van der Waals surface area contributed by atoms with E-state index in [9.17, 15) is 4.57 Å². The summed E-state index contributed by atoms with van der Waals surface area (Å²) in [4.78, 5) is 8.79. The van der Waals surface area contributed by atoms with Crippen molar-refractivity contribution in [1.29, 1.82) is 0 Å². The Hall–Kier alpha value is 0.0700. The van der Waals surface area contributed by atoms with Gasteiger partial charge in [0.1, 0.15) is 0 Å². The van der Waals surface area contributed by atoms with Crippen LogP contribution in [0.1, 0.15) is 6.92 Å². The zero-order valence-corrected chi connectivity index (χ0v) is 6.58. The first kappa shape index (κ1) is 8.17. The summed E-state index contributed by atoms with van der Waals surface area (Å²) in [6, 6.07) is 0. The van der Waals surface area contributed by atoms with E-state index in [2.05, 4.69) is 9.15 Å². The third-order valence-electron chi connectivity index (χ3n) is 0.917. The molecule has 1 unspecified atom stereocenters. The van der Waals surface area contributed by atoms with Gasteiger partial charge in [-0.1, -0.05) is 0 Å². The lowest BCUT2D eigenvalue weighted by Crippen LogP contribution is -1.99. The van der Waals surface area contributed by atoms with E-state index in [1.165, 1.54) is 5.06 Å². The third kappa shape index (κ3) is 2.77. The molecule has 1 aliphatic heterocycles. The number of hydrogen-bond acceptors (Lipinski definition) is 4. The summed E-state index contributed by atoms with van der Waals surface area (Å²) in [7, 11) is -3.76. The van der Waals surface area contributed by atoms with Crippen molar-refractivity contribution in [2.45, 2.75) is 6.92 Å². The van der Waals surface area contributed by atoms with E-state index in [4.69, 9.17) is 4.89 Å². The molecule has 6 heteroatoms. The fourth-order valence-corrected chi connectivity index (χ4v) is 1.28. The molecule has 0 bridgehead atoms. The van der Waals surface area contributed by atoms with Crippen molar-refractivity contribution in [3.05, 3.63) is 0 Å². The second-order valence-corrected chi connectivity index (χ2v) is 3.26. The SMILES string of the molecule is CCOP(=O)(O)ON1CC1. The van der Waals surface area contributed by atoms with Crippen molar-refractivity contribution in [1.82, 2.24) is 5.06 Å². The quantitative estimate of drug-likeness (QED) is 0.484. The molecule has 0 radical (unpaired) electrons. The fraction of sp³-hybridized carbons (Fsp3) is 1.00. The minimum atomic E-state index is -3.76. The standard InChI is InChI=1S/C4H10NO4P/c1-2-8-10(6,7)9-5-3-4-5/h2-4H2,1H3,(H,6,7). The Morgan fingerprint density at radius 3 is 2.70 bits per heavy atom. The van der Waals surface area contributed by atoms with Crippen LogP contribution in [0.15, 0.2) is 0 Å². The maximum atomic E-state index is 10.7. The van der Waals surface area contributed by atoms with E-state index in [-0.39, 0.29) is 6.61 Å². The molecule has 1 saturated heterocycles. The smallest absolute Gasteiger partial charge is 0.301 e. The van der Waals surface area contributed by atoms with Gasteiger partial charge in [-0.3, -0.25) is 4.52 Å². The van der Waals surface area contributed by atoms with Crippen molar-refractivity contribution in [2.24, 2.45) is 0 Å². The average Bonchev–Trinajstić information content (AvgIpc) is 2.48. The maximum Gasteiger partial charge on any atom is 0.488 e. The van der Waals surface area contributed by atoms with Gasteiger partial charge in [-0.2, -0.15) is 9.69 Å². The number of nitrogens with zero attached hydrogens (tertiary/aromatic N) is 1. The topological polar surface area (TPSA) is 58.8 Å². The number of hydrogen-bond donors (Lipinski definition) is 1. The largest absolute Gasteiger partial charge is 0.488 e. The number of rotatable bonds is 4. The van der Waals surface area contributed by atoms with Crippen molar-refractivity contribution in [3.63, 3.8) is 0 Å².